The first kappa shape index (κ1) is 14.8. The zero-order valence-corrected chi connectivity index (χ0v) is 12.3. The second kappa shape index (κ2) is 7.23. The Hall–Kier alpha value is -1.63. The van der Waals surface area contributed by atoms with Crippen molar-refractivity contribution in [3.63, 3.8) is 0 Å². The van der Waals surface area contributed by atoms with Gasteiger partial charge in [-0.15, -0.1) is 10.2 Å². The molecule has 7 nitrogen and oxygen atoms in total. The Morgan fingerprint density at radius 1 is 1.40 bits per heavy atom. The predicted molar refractivity (Wildman–Crippen MR) is 76.2 cm³/mol. The van der Waals surface area contributed by atoms with Crippen LogP contribution in [-0.4, -0.2) is 51.9 Å². The van der Waals surface area contributed by atoms with E-state index in [0.29, 0.717) is 12.5 Å². The summed E-state index contributed by atoms with van der Waals surface area (Å²) in [6.07, 6.45) is 2.84. The van der Waals surface area contributed by atoms with Crippen molar-refractivity contribution in [2.75, 3.05) is 26.2 Å². The molecule has 2 N–H and O–H groups in total. The van der Waals surface area contributed by atoms with E-state index in [1.54, 1.807) is 6.33 Å². The lowest BCUT2D eigenvalue weighted by molar-refractivity contribution is 0.238. The molecule has 1 aromatic rings. The molecule has 1 aliphatic rings. The van der Waals surface area contributed by atoms with Crippen LogP contribution in [0.2, 0.25) is 0 Å². The van der Waals surface area contributed by atoms with E-state index in [1.165, 1.54) is 0 Å². The molecule has 20 heavy (non-hydrogen) atoms. The lowest BCUT2D eigenvalue weighted by Gasteiger charge is -2.14. The second-order valence-electron chi connectivity index (χ2n) is 5.14. The van der Waals surface area contributed by atoms with Crippen molar-refractivity contribution in [2.24, 2.45) is 5.92 Å². The van der Waals surface area contributed by atoms with E-state index in [-0.39, 0.29) is 6.03 Å². The summed E-state index contributed by atoms with van der Waals surface area (Å²) in [6.45, 7) is 9.47. The molecule has 1 unspecified atom stereocenters. The number of carbonyl (C=O) groups is 1. The van der Waals surface area contributed by atoms with Crippen molar-refractivity contribution >= 4 is 6.03 Å². The minimum Gasteiger partial charge on any atom is -0.338 e. The lowest BCUT2D eigenvalue weighted by Crippen LogP contribution is -2.38. The highest BCUT2D eigenvalue weighted by Gasteiger charge is 2.21. The highest BCUT2D eigenvalue weighted by Crippen LogP contribution is 2.14. The minimum absolute atomic E-state index is 0.134. The van der Waals surface area contributed by atoms with E-state index in [1.807, 2.05) is 11.5 Å². The monoisotopic (exact) mass is 280 g/mol. The molecule has 2 heterocycles. The molecular weight excluding hydrogens is 256 g/mol. The molecule has 0 bridgehead atoms. The third-order valence-corrected chi connectivity index (χ3v) is 3.81. The molecule has 112 valence electrons. The van der Waals surface area contributed by atoms with Gasteiger partial charge < -0.3 is 20.1 Å². The van der Waals surface area contributed by atoms with Crippen molar-refractivity contribution in [1.82, 2.24) is 30.3 Å². The molecule has 1 saturated heterocycles. The van der Waals surface area contributed by atoms with Gasteiger partial charge >= 0.3 is 6.03 Å². The Labute approximate surface area is 119 Å². The standard InChI is InChI=1S/C13H24N6O/c1-3-18-6-5-11(9-18)7-14-13(20)15-8-12-17-16-10-19(12)4-2/h10-11H,3-9H2,1-2H3,(H2,14,15,20). The fraction of sp³-hybridized carbons (Fsp3) is 0.769. The van der Waals surface area contributed by atoms with Gasteiger partial charge in [-0.3, -0.25) is 0 Å². The van der Waals surface area contributed by atoms with Crippen molar-refractivity contribution in [2.45, 2.75) is 33.4 Å². The van der Waals surface area contributed by atoms with Crippen LogP contribution in [0, 0.1) is 5.92 Å². The number of aryl methyl sites for hydroxylation is 1. The summed E-state index contributed by atoms with van der Waals surface area (Å²) in [4.78, 5) is 14.2. The zero-order chi connectivity index (χ0) is 14.4. The Balaban J connectivity index is 1.66. The molecule has 1 aromatic heterocycles. The molecule has 1 aliphatic heterocycles. The van der Waals surface area contributed by atoms with Gasteiger partial charge in [0.25, 0.3) is 0 Å². The molecule has 0 aromatic carbocycles. The summed E-state index contributed by atoms with van der Waals surface area (Å²) in [5, 5.41) is 13.6. The van der Waals surface area contributed by atoms with Crippen molar-refractivity contribution < 1.29 is 4.79 Å². The first-order chi connectivity index (χ1) is 9.72. The molecule has 1 fully saturated rings. The number of hydrogen-bond acceptors (Lipinski definition) is 4. The summed E-state index contributed by atoms with van der Waals surface area (Å²) < 4.78 is 1.91. The Morgan fingerprint density at radius 2 is 2.25 bits per heavy atom. The van der Waals surface area contributed by atoms with E-state index in [2.05, 4.69) is 32.7 Å². The van der Waals surface area contributed by atoms with Crippen LogP contribution < -0.4 is 10.6 Å². The van der Waals surface area contributed by atoms with Crippen LogP contribution >= 0.6 is 0 Å². The summed E-state index contributed by atoms with van der Waals surface area (Å²) in [6, 6.07) is -0.134. The molecule has 7 heteroatoms. The fourth-order valence-electron chi connectivity index (χ4n) is 2.51. The summed E-state index contributed by atoms with van der Waals surface area (Å²) in [5.41, 5.74) is 0. The van der Waals surface area contributed by atoms with Crippen LogP contribution in [0.1, 0.15) is 26.1 Å². The topological polar surface area (TPSA) is 75.1 Å². The molecule has 2 amide bonds. The third kappa shape index (κ3) is 3.93. The minimum atomic E-state index is -0.134. The number of aromatic nitrogens is 3. The van der Waals surface area contributed by atoms with E-state index in [0.717, 1.165) is 45.0 Å². The molecule has 0 spiro atoms. The van der Waals surface area contributed by atoms with Crippen LogP contribution in [0.15, 0.2) is 6.33 Å². The van der Waals surface area contributed by atoms with Crippen LogP contribution in [0.25, 0.3) is 0 Å². The summed E-state index contributed by atoms with van der Waals surface area (Å²) >= 11 is 0. The third-order valence-electron chi connectivity index (χ3n) is 3.81. The lowest BCUT2D eigenvalue weighted by atomic mass is 10.1. The van der Waals surface area contributed by atoms with Gasteiger partial charge in [0.15, 0.2) is 5.82 Å². The van der Waals surface area contributed by atoms with E-state index >= 15 is 0 Å². The summed E-state index contributed by atoms with van der Waals surface area (Å²) in [5.74, 6) is 1.35. The SMILES string of the molecule is CCN1CCC(CNC(=O)NCc2nncn2CC)C1. The highest BCUT2D eigenvalue weighted by molar-refractivity contribution is 5.73. The van der Waals surface area contributed by atoms with Gasteiger partial charge in [0.1, 0.15) is 6.33 Å². The van der Waals surface area contributed by atoms with Crippen molar-refractivity contribution in [3.8, 4) is 0 Å². The van der Waals surface area contributed by atoms with E-state index in [4.69, 9.17) is 0 Å². The van der Waals surface area contributed by atoms with Gasteiger partial charge in [-0.2, -0.15) is 0 Å². The van der Waals surface area contributed by atoms with Crippen molar-refractivity contribution in [1.29, 1.82) is 0 Å². The van der Waals surface area contributed by atoms with Crippen LogP contribution in [-0.2, 0) is 13.1 Å². The van der Waals surface area contributed by atoms with Crippen LogP contribution in [0.4, 0.5) is 4.79 Å². The maximum atomic E-state index is 11.8. The predicted octanol–water partition coefficient (Wildman–Crippen LogP) is 0.439. The number of likely N-dealkylation sites (tertiary alicyclic amines) is 1. The Morgan fingerprint density at radius 3 is 2.95 bits per heavy atom. The van der Waals surface area contributed by atoms with Gasteiger partial charge in [0.05, 0.1) is 6.54 Å². The Kier molecular flexibility index (Phi) is 5.34. The maximum Gasteiger partial charge on any atom is 0.315 e. The number of urea groups is 1. The largest absolute Gasteiger partial charge is 0.338 e. The van der Waals surface area contributed by atoms with Gasteiger partial charge in [-0.1, -0.05) is 6.92 Å². The highest BCUT2D eigenvalue weighted by atomic mass is 16.2. The van der Waals surface area contributed by atoms with Gasteiger partial charge in [-0.25, -0.2) is 4.79 Å². The van der Waals surface area contributed by atoms with Gasteiger partial charge in [0.2, 0.25) is 0 Å². The second-order valence-corrected chi connectivity index (χ2v) is 5.14. The fourth-order valence-corrected chi connectivity index (χ4v) is 2.51. The number of carbonyl (C=O) groups excluding carboxylic acids is 1. The van der Waals surface area contributed by atoms with E-state index in [9.17, 15) is 4.79 Å². The number of hydrogen-bond donors (Lipinski definition) is 2. The quantitative estimate of drug-likeness (QED) is 0.793. The van der Waals surface area contributed by atoms with Crippen LogP contribution in [0.3, 0.4) is 0 Å². The molecular formula is C13H24N6O. The molecule has 0 aliphatic carbocycles. The average molecular weight is 280 g/mol. The van der Waals surface area contributed by atoms with Crippen LogP contribution in [0.5, 0.6) is 0 Å². The first-order valence-corrected chi connectivity index (χ1v) is 7.33. The summed E-state index contributed by atoms with van der Waals surface area (Å²) in [7, 11) is 0. The molecule has 1 atom stereocenters. The molecule has 2 rings (SSSR count). The number of amides is 2. The Bertz CT molecular complexity index is 432. The zero-order valence-electron chi connectivity index (χ0n) is 12.3. The molecule has 0 saturated carbocycles. The average Bonchev–Trinajstić information content (AvgIpc) is 3.11. The van der Waals surface area contributed by atoms with Gasteiger partial charge in [0, 0.05) is 19.6 Å². The van der Waals surface area contributed by atoms with Gasteiger partial charge in [-0.05, 0) is 32.4 Å². The smallest absolute Gasteiger partial charge is 0.315 e. The van der Waals surface area contributed by atoms with Crippen molar-refractivity contribution in [3.05, 3.63) is 12.2 Å². The normalized spacial score (nSPS) is 19.2. The number of rotatable bonds is 6. The molecule has 0 radical (unpaired) electrons. The first-order valence-electron chi connectivity index (χ1n) is 7.33. The van der Waals surface area contributed by atoms with E-state index < -0.39 is 0 Å². The number of nitrogens with one attached hydrogen (secondary N) is 2. The maximum absolute atomic E-state index is 11.8. The number of nitrogens with zero attached hydrogens (tertiary/aromatic N) is 4.